The van der Waals surface area contributed by atoms with Gasteiger partial charge in [-0.25, -0.2) is 0 Å². The zero-order chi connectivity index (χ0) is 19.8. The lowest BCUT2D eigenvalue weighted by Gasteiger charge is -2.34. The van der Waals surface area contributed by atoms with Crippen molar-refractivity contribution in [1.29, 1.82) is 0 Å². The highest BCUT2D eigenvalue weighted by Gasteiger charge is 2.24. The van der Waals surface area contributed by atoms with Gasteiger partial charge in [0.2, 0.25) is 0 Å². The van der Waals surface area contributed by atoms with Gasteiger partial charge < -0.3 is 15.4 Å². The van der Waals surface area contributed by atoms with Crippen LogP contribution >= 0.6 is 22.7 Å². The Kier molecular flexibility index (Phi) is 8.33. The lowest BCUT2D eigenvalue weighted by molar-refractivity contribution is 0.0177. The third-order valence-electron chi connectivity index (χ3n) is 5.01. The zero-order valence-electron chi connectivity index (χ0n) is 17.1. The average Bonchev–Trinajstić information content (AvgIpc) is 3.37. The van der Waals surface area contributed by atoms with Crippen molar-refractivity contribution in [2.45, 2.75) is 26.3 Å². The molecule has 2 unspecified atom stereocenters. The molecular weight excluding hydrogens is 388 g/mol. The minimum absolute atomic E-state index is 0.352. The molecule has 1 aliphatic heterocycles. The van der Waals surface area contributed by atoms with Crippen molar-refractivity contribution < 1.29 is 4.74 Å². The van der Waals surface area contributed by atoms with E-state index in [0.29, 0.717) is 12.0 Å². The predicted octanol–water partition coefficient (Wildman–Crippen LogP) is 3.54. The largest absolute Gasteiger partial charge is 0.379 e. The van der Waals surface area contributed by atoms with Gasteiger partial charge in [0.1, 0.15) is 0 Å². The molecule has 3 rings (SSSR count). The SMILES string of the molecule is CN=C(NCC(C)Cc1cccs1)NCC(c1ccc(C)s1)N1CCOCC1. The van der Waals surface area contributed by atoms with E-state index >= 15 is 0 Å². The molecule has 1 saturated heterocycles. The number of nitrogens with zero attached hydrogens (tertiary/aromatic N) is 2. The number of hydrogen-bond acceptors (Lipinski definition) is 5. The van der Waals surface area contributed by atoms with Crippen LogP contribution in [0.15, 0.2) is 34.6 Å². The van der Waals surface area contributed by atoms with Gasteiger partial charge in [-0.3, -0.25) is 9.89 Å². The quantitative estimate of drug-likeness (QED) is 0.507. The standard InChI is InChI=1S/C21H32N4OS2/c1-16(13-18-5-4-12-27-18)14-23-21(22-3)24-15-19(20-7-6-17(2)28-20)25-8-10-26-11-9-25/h4-7,12,16,19H,8-11,13-15H2,1-3H3,(H2,22,23,24). The van der Waals surface area contributed by atoms with Gasteiger partial charge in [0.05, 0.1) is 19.3 Å². The van der Waals surface area contributed by atoms with Crippen LogP contribution in [-0.4, -0.2) is 57.3 Å². The summed E-state index contributed by atoms with van der Waals surface area (Å²) in [4.78, 5) is 11.2. The van der Waals surface area contributed by atoms with Crippen LogP contribution in [0.4, 0.5) is 0 Å². The summed E-state index contributed by atoms with van der Waals surface area (Å²) in [7, 11) is 1.85. The molecule has 2 N–H and O–H groups in total. The monoisotopic (exact) mass is 420 g/mol. The van der Waals surface area contributed by atoms with Crippen LogP contribution in [0.2, 0.25) is 0 Å². The molecule has 3 heterocycles. The van der Waals surface area contributed by atoms with Crippen LogP contribution in [0.25, 0.3) is 0 Å². The summed E-state index contributed by atoms with van der Waals surface area (Å²) >= 11 is 3.72. The van der Waals surface area contributed by atoms with E-state index in [2.05, 4.69) is 64.0 Å². The first-order valence-electron chi connectivity index (χ1n) is 10.0. The number of guanidine groups is 1. The smallest absolute Gasteiger partial charge is 0.191 e. The highest BCUT2D eigenvalue weighted by molar-refractivity contribution is 7.12. The Morgan fingerprint density at radius 1 is 1.21 bits per heavy atom. The average molecular weight is 421 g/mol. The van der Waals surface area contributed by atoms with Crippen molar-refractivity contribution in [3.8, 4) is 0 Å². The lowest BCUT2D eigenvalue weighted by Crippen LogP contribution is -2.46. The first-order chi connectivity index (χ1) is 13.7. The zero-order valence-corrected chi connectivity index (χ0v) is 18.7. The molecule has 0 aromatic carbocycles. The van der Waals surface area contributed by atoms with Crippen LogP contribution < -0.4 is 10.6 Å². The minimum Gasteiger partial charge on any atom is -0.379 e. The molecule has 0 bridgehead atoms. The first kappa shape index (κ1) is 21.3. The molecule has 0 radical (unpaired) electrons. The van der Waals surface area contributed by atoms with E-state index in [1.54, 1.807) is 0 Å². The van der Waals surface area contributed by atoms with E-state index in [4.69, 9.17) is 4.74 Å². The summed E-state index contributed by atoms with van der Waals surface area (Å²) in [5.41, 5.74) is 0. The number of ether oxygens (including phenoxy) is 1. The molecule has 0 spiro atoms. The van der Waals surface area contributed by atoms with Crippen molar-refractivity contribution in [2.75, 3.05) is 46.4 Å². The van der Waals surface area contributed by atoms with Crippen molar-refractivity contribution in [3.63, 3.8) is 0 Å². The molecular formula is C21H32N4OS2. The molecule has 0 aliphatic carbocycles. The van der Waals surface area contributed by atoms with Crippen LogP contribution in [-0.2, 0) is 11.2 Å². The van der Waals surface area contributed by atoms with E-state index in [1.807, 2.05) is 29.7 Å². The predicted molar refractivity (Wildman–Crippen MR) is 121 cm³/mol. The molecule has 0 amide bonds. The number of aliphatic imine (C=N–C) groups is 1. The number of hydrogen-bond donors (Lipinski definition) is 2. The molecule has 1 aliphatic rings. The third kappa shape index (κ3) is 6.30. The van der Waals surface area contributed by atoms with E-state index in [9.17, 15) is 0 Å². The molecule has 7 heteroatoms. The molecule has 1 fully saturated rings. The van der Waals surface area contributed by atoms with Crippen LogP contribution in [0.3, 0.4) is 0 Å². The number of nitrogens with one attached hydrogen (secondary N) is 2. The lowest BCUT2D eigenvalue weighted by atomic mass is 10.1. The third-order valence-corrected chi connectivity index (χ3v) is 7.01. The second kappa shape index (κ2) is 11.0. The molecule has 0 saturated carbocycles. The second-order valence-corrected chi connectivity index (χ2v) is 9.69. The Morgan fingerprint density at radius 3 is 2.64 bits per heavy atom. The van der Waals surface area contributed by atoms with E-state index in [0.717, 1.165) is 51.8 Å². The first-order valence-corrected chi connectivity index (χ1v) is 11.7. The van der Waals surface area contributed by atoms with Gasteiger partial charge in [-0.15, -0.1) is 22.7 Å². The van der Waals surface area contributed by atoms with Crippen LogP contribution in [0.1, 0.15) is 27.6 Å². The molecule has 154 valence electrons. The van der Waals surface area contributed by atoms with Gasteiger partial charge in [0.25, 0.3) is 0 Å². The summed E-state index contributed by atoms with van der Waals surface area (Å²) in [6.07, 6.45) is 1.10. The number of morpholine rings is 1. The fraction of sp³-hybridized carbons (Fsp3) is 0.571. The Hall–Kier alpha value is -1.41. The van der Waals surface area contributed by atoms with Crippen molar-refractivity contribution in [3.05, 3.63) is 44.3 Å². The minimum atomic E-state index is 0.352. The number of aryl methyl sites for hydroxylation is 1. The van der Waals surface area contributed by atoms with Gasteiger partial charge >= 0.3 is 0 Å². The molecule has 5 nitrogen and oxygen atoms in total. The Morgan fingerprint density at radius 2 is 2.00 bits per heavy atom. The second-order valence-electron chi connectivity index (χ2n) is 7.34. The Bertz CT molecular complexity index is 723. The number of rotatable bonds is 8. The van der Waals surface area contributed by atoms with Crippen molar-refractivity contribution in [2.24, 2.45) is 10.9 Å². The van der Waals surface area contributed by atoms with Crippen LogP contribution in [0.5, 0.6) is 0 Å². The van der Waals surface area contributed by atoms with Gasteiger partial charge in [0.15, 0.2) is 5.96 Å². The Labute approximate surface area is 176 Å². The molecule has 2 atom stereocenters. The summed E-state index contributed by atoms with van der Waals surface area (Å²) in [5.74, 6) is 1.44. The van der Waals surface area contributed by atoms with E-state index < -0.39 is 0 Å². The van der Waals surface area contributed by atoms with Gasteiger partial charge in [0, 0.05) is 47.9 Å². The van der Waals surface area contributed by atoms with Gasteiger partial charge in [-0.1, -0.05) is 13.0 Å². The fourth-order valence-electron chi connectivity index (χ4n) is 3.46. The summed E-state index contributed by atoms with van der Waals surface area (Å²) in [6, 6.07) is 9.17. The summed E-state index contributed by atoms with van der Waals surface area (Å²) < 4.78 is 5.55. The number of thiophene rings is 2. The summed E-state index contributed by atoms with van der Waals surface area (Å²) in [5, 5.41) is 9.20. The molecule has 28 heavy (non-hydrogen) atoms. The summed E-state index contributed by atoms with van der Waals surface area (Å²) in [6.45, 7) is 9.80. The highest BCUT2D eigenvalue weighted by atomic mass is 32.1. The van der Waals surface area contributed by atoms with E-state index in [1.165, 1.54) is 14.6 Å². The fourth-order valence-corrected chi connectivity index (χ4v) is 5.34. The topological polar surface area (TPSA) is 48.9 Å². The van der Waals surface area contributed by atoms with Crippen molar-refractivity contribution >= 4 is 28.6 Å². The maximum atomic E-state index is 5.55. The van der Waals surface area contributed by atoms with Gasteiger partial charge in [-0.2, -0.15) is 0 Å². The molecule has 2 aromatic heterocycles. The van der Waals surface area contributed by atoms with Gasteiger partial charge in [-0.05, 0) is 42.8 Å². The van der Waals surface area contributed by atoms with Crippen molar-refractivity contribution in [1.82, 2.24) is 15.5 Å². The normalized spacial score (nSPS) is 18.0. The molecule has 2 aromatic rings. The van der Waals surface area contributed by atoms with E-state index in [-0.39, 0.29) is 0 Å². The highest BCUT2D eigenvalue weighted by Crippen LogP contribution is 2.27. The maximum Gasteiger partial charge on any atom is 0.191 e. The Balaban J connectivity index is 1.53. The van der Waals surface area contributed by atoms with Crippen LogP contribution in [0, 0.1) is 12.8 Å². The maximum absolute atomic E-state index is 5.55.